The Morgan fingerprint density at radius 3 is 2.19 bits per heavy atom. The molecule has 7 atom stereocenters. The first-order valence-corrected chi connectivity index (χ1v) is 21.2. The van der Waals surface area contributed by atoms with Crippen molar-refractivity contribution in [1.82, 2.24) is 0 Å². The third-order valence-electron chi connectivity index (χ3n) is 9.16. The molecule has 1 fully saturated rings. The first kappa shape index (κ1) is 49.1. The number of rotatable bonds is 32. The van der Waals surface area contributed by atoms with Crippen LogP contribution in [0.3, 0.4) is 0 Å². The van der Waals surface area contributed by atoms with Gasteiger partial charge in [0.05, 0.1) is 32.0 Å². The van der Waals surface area contributed by atoms with Crippen molar-refractivity contribution in [3.63, 3.8) is 0 Å². The molecule has 0 heterocycles. The molecule has 13 nitrogen and oxygen atoms in total. The molecule has 1 saturated carbocycles. The minimum atomic E-state index is -4.67. The molecule has 0 saturated heterocycles. The second kappa shape index (κ2) is 29.3. The van der Waals surface area contributed by atoms with Crippen LogP contribution in [0.25, 0.3) is 0 Å². The van der Waals surface area contributed by atoms with Crippen LogP contribution in [0.2, 0.25) is 0 Å². The highest BCUT2D eigenvalue weighted by Gasteiger charge is 2.39. The number of carbonyl (C=O) groups is 3. The maximum absolute atomic E-state index is 12.6. The van der Waals surface area contributed by atoms with E-state index in [1.165, 1.54) is 19.3 Å². The van der Waals surface area contributed by atoms with Crippen molar-refractivity contribution >= 4 is 25.5 Å². The topological polar surface area (TPSA) is 206 Å². The molecule has 0 amide bonds. The summed E-state index contributed by atoms with van der Waals surface area (Å²) >= 11 is 0. The molecular formula is C39H69O13P. The van der Waals surface area contributed by atoms with Crippen molar-refractivity contribution < 1.29 is 62.8 Å². The first-order chi connectivity index (χ1) is 25.3. The normalized spacial score (nSPS) is 20.6. The minimum Gasteiger partial charge on any atom is -0.462 e. The largest absolute Gasteiger partial charge is 0.472 e. The summed E-state index contributed by atoms with van der Waals surface area (Å²) in [7, 11) is -4.67. The fourth-order valence-corrected chi connectivity index (χ4v) is 6.77. The number of Topliss-reactive ketones (excluding diaryl/α,β-unsaturated/α-hetero) is 1. The zero-order valence-corrected chi connectivity index (χ0v) is 33.3. The lowest BCUT2D eigenvalue weighted by molar-refractivity contribution is -0.161. The Morgan fingerprint density at radius 1 is 0.868 bits per heavy atom. The molecule has 308 valence electrons. The number of ether oxygens (including phenoxy) is 2. The van der Waals surface area contributed by atoms with Gasteiger partial charge in [-0.15, -0.1) is 0 Å². The monoisotopic (exact) mass is 776 g/mol. The number of phosphoric ester groups is 1. The van der Waals surface area contributed by atoms with Crippen LogP contribution in [-0.2, 0) is 37.5 Å². The van der Waals surface area contributed by atoms with Gasteiger partial charge in [0, 0.05) is 31.1 Å². The summed E-state index contributed by atoms with van der Waals surface area (Å²) in [5, 5.41) is 38.9. The van der Waals surface area contributed by atoms with Crippen molar-refractivity contribution in [3.8, 4) is 0 Å². The number of carbonyl (C=O) groups excluding carboxylic acids is 3. The summed E-state index contributed by atoms with van der Waals surface area (Å²) in [6, 6.07) is 0. The number of ketones is 1. The van der Waals surface area contributed by atoms with E-state index in [1.807, 2.05) is 12.2 Å². The van der Waals surface area contributed by atoms with Crippen LogP contribution >= 0.6 is 7.82 Å². The van der Waals surface area contributed by atoms with Gasteiger partial charge < -0.3 is 34.8 Å². The molecule has 5 N–H and O–H groups in total. The third kappa shape index (κ3) is 24.9. The van der Waals surface area contributed by atoms with E-state index in [9.17, 15) is 39.2 Å². The number of phosphoric acid groups is 1. The van der Waals surface area contributed by atoms with E-state index in [2.05, 4.69) is 25.3 Å². The Balaban J connectivity index is 2.53. The Morgan fingerprint density at radius 2 is 1.51 bits per heavy atom. The lowest BCUT2D eigenvalue weighted by atomic mass is 9.90. The molecular weight excluding hydrogens is 707 g/mol. The van der Waals surface area contributed by atoms with Gasteiger partial charge in [-0.05, 0) is 38.0 Å². The number of hydrogen-bond acceptors (Lipinski definition) is 12. The lowest BCUT2D eigenvalue weighted by Crippen LogP contribution is -2.29. The Hall–Kier alpha value is -1.96. The summed E-state index contributed by atoms with van der Waals surface area (Å²) in [4.78, 5) is 47.4. The molecule has 0 bridgehead atoms. The average molecular weight is 777 g/mol. The Labute approximate surface area is 317 Å². The highest BCUT2D eigenvalue weighted by atomic mass is 31.2. The molecule has 1 rings (SSSR count). The summed E-state index contributed by atoms with van der Waals surface area (Å²) in [6.07, 6.45) is 16.9. The summed E-state index contributed by atoms with van der Waals surface area (Å²) in [6.45, 7) is 4.17. The number of allylic oxidation sites excluding steroid dienone is 3. The van der Waals surface area contributed by atoms with Crippen molar-refractivity contribution in [1.29, 1.82) is 0 Å². The number of unbranched alkanes of at least 4 members (excludes halogenated alkanes) is 9. The van der Waals surface area contributed by atoms with Gasteiger partial charge >= 0.3 is 19.8 Å². The van der Waals surface area contributed by atoms with Crippen LogP contribution in [0.15, 0.2) is 24.3 Å². The number of aliphatic hydroxyl groups excluding tert-OH is 4. The molecule has 0 aliphatic heterocycles. The second-order valence-electron chi connectivity index (χ2n) is 14.6. The smallest absolute Gasteiger partial charge is 0.462 e. The van der Waals surface area contributed by atoms with Crippen LogP contribution in [-0.4, -0.2) is 93.9 Å². The summed E-state index contributed by atoms with van der Waals surface area (Å²) in [5.74, 6) is -1.19. The van der Waals surface area contributed by atoms with Gasteiger partial charge in [-0.3, -0.25) is 23.4 Å². The van der Waals surface area contributed by atoms with Crippen molar-refractivity contribution in [2.45, 2.75) is 161 Å². The summed E-state index contributed by atoms with van der Waals surface area (Å²) < 4.78 is 32.5. The maximum atomic E-state index is 12.6. The zero-order valence-electron chi connectivity index (χ0n) is 32.4. The molecule has 1 unspecified atom stereocenters. The average Bonchev–Trinajstić information content (AvgIpc) is 3.38. The third-order valence-corrected chi connectivity index (χ3v) is 10.1. The van der Waals surface area contributed by atoms with Gasteiger partial charge in [0.1, 0.15) is 18.5 Å². The van der Waals surface area contributed by atoms with E-state index in [4.69, 9.17) is 19.1 Å². The van der Waals surface area contributed by atoms with Gasteiger partial charge in [-0.25, -0.2) is 4.57 Å². The van der Waals surface area contributed by atoms with Gasteiger partial charge in [-0.1, -0.05) is 109 Å². The highest BCUT2D eigenvalue weighted by Crippen LogP contribution is 2.43. The number of aliphatic hydroxyl groups is 4. The zero-order chi connectivity index (χ0) is 39.5. The van der Waals surface area contributed by atoms with Crippen molar-refractivity contribution in [2.24, 2.45) is 17.8 Å². The maximum Gasteiger partial charge on any atom is 0.472 e. The van der Waals surface area contributed by atoms with Gasteiger partial charge in [0.25, 0.3) is 0 Å². The van der Waals surface area contributed by atoms with Crippen LogP contribution < -0.4 is 0 Å². The van der Waals surface area contributed by atoms with Crippen molar-refractivity contribution in [3.05, 3.63) is 24.3 Å². The van der Waals surface area contributed by atoms with Crippen LogP contribution in [0.1, 0.15) is 136 Å². The molecule has 1 aliphatic rings. The summed E-state index contributed by atoms with van der Waals surface area (Å²) in [5.41, 5.74) is 0. The van der Waals surface area contributed by atoms with E-state index in [1.54, 1.807) is 12.2 Å². The van der Waals surface area contributed by atoms with Gasteiger partial charge in [0.15, 0.2) is 6.10 Å². The predicted octanol–water partition coefficient (Wildman–Crippen LogP) is 6.28. The second-order valence-corrected chi connectivity index (χ2v) is 16.0. The molecule has 1 aliphatic carbocycles. The van der Waals surface area contributed by atoms with E-state index in [0.717, 1.165) is 44.9 Å². The molecule has 14 heteroatoms. The SMILES string of the molecule is CCCCC[C@H](O)/C=C/[C@H]1C(=O)C[C@H](O)[C@@H]1C/C=C\CCCC(=O)OC[C@H](COP(=O)(O)OC[C@@H](O)CO)OC(=O)CCCCCCCCCC(C)C. The first-order valence-electron chi connectivity index (χ1n) is 19.8. The van der Waals surface area contributed by atoms with Gasteiger partial charge in [-0.2, -0.15) is 0 Å². The minimum absolute atomic E-state index is 0.0434. The lowest BCUT2D eigenvalue weighted by Gasteiger charge is -2.20. The van der Waals surface area contributed by atoms with E-state index in [-0.39, 0.29) is 31.0 Å². The molecule has 0 aromatic heterocycles. The van der Waals surface area contributed by atoms with Crippen LogP contribution in [0.5, 0.6) is 0 Å². The van der Waals surface area contributed by atoms with E-state index in [0.29, 0.717) is 38.0 Å². The quantitative estimate of drug-likeness (QED) is 0.0221. The van der Waals surface area contributed by atoms with Crippen LogP contribution in [0, 0.1) is 17.8 Å². The van der Waals surface area contributed by atoms with E-state index >= 15 is 0 Å². The van der Waals surface area contributed by atoms with E-state index < -0.39 is 76.5 Å². The van der Waals surface area contributed by atoms with Crippen LogP contribution in [0.4, 0.5) is 0 Å². The molecule has 53 heavy (non-hydrogen) atoms. The predicted molar refractivity (Wildman–Crippen MR) is 202 cm³/mol. The Bertz CT molecular complexity index is 1110. The molecule has 0 spiro atoms. The van der Waals surface area contributed by atoms with Crippen molar-refractivity contribution in [2.75, 3.05) is 26.4 Å². The molecule has 0 aromatic carbocycles. The van der Waals surface area contributed by atoms with Gasteiger partial charge in [0.2, 0.25) is 0 Å². The number of esters is 2. The molecule has 0 aromatic rings. The highest BCUT2D eigenvalue weighted by molar-refractivity contribution is 7.47. The fourth-order valence-electron chi connectivity index (χ4n) is 5.98. The fraction of sp³-hybridized carbons (Fsp3) is 0.821. The Kier molecular flexibility index (Phi) is 27.2. The standard InChI is InChI=1S/C39H69O13P/c1-4-5-13-19-31(41)23-24-35-34(36(43)25-37(35)44)20-15-11-12-16-21-38(45)49-28-33(29-51-53(47,48)50-27-32(42)26-40)52-39(46)22-17-10-8-6-7-9-14-18-30(2)3/h11,15,23-24,30-36,40-43H,4-10,12-14,16-22,25-29H2,1-3H3,(H,47,48)/b15-11-,24-23+/t31-,32-,33+,34+,35+,36-/m0/s1. The number of hydrogen-bond donors (Lipinski definition) is 5. The molecule has 0 radical (unpaired) electrons.